The molecule has 2 aromatic carbocycles. The van der Waals surface area contributed by atoms with Crippen LogP contribution in [0.2, 0.25) is 5.02 Å². The summed E-state index contributed by atoms with van der Waals surface area (Å²) in [4.78, 5) is 14.7. The second-order valence-corrected chi connectivity index (χ2v) is 9.82. The molecular weight excluding hydrogens is 408 g/mol. The van der Waals surface area contributed by atoms with Crippen molar-refractivity contribution in [1.29, 1.82) is 0 Å². The molecule has 0 saturated heterocycles. The zero-order chi connectivity index (χ0) is 22.4. The number of amides is 1. The van der Waals surface area contributed by atoms with Gasteiger partial charge in [-0.25, -0.2) is 0 Å². The minimum atomic E-state index is -0.0682. The van der Waals surface area contributed by atoms with Crippen LogP contribution in [0, 0.1) is 0 Å². The Balaban J connectivity index is 1.51. The summed E-state index contributed by atoms with van der Waals surface area (Å²) < 4.78 is 0. The summed E-state index contributed by atoms with van der Waals surface area (Å²) in [6, 6.07) is 16.4. The van der Waals surface area contributed by atoms with Crippen molar-refractivity contribution >= 4 is 17.5 Å². The Hall–Kier alpha value is -1.88. The van der Waals surface area contributed by atoms with E-state index in [2.05, 4.69) is 43.4 Å². The van der Waals surface area contributed by atoms with Crippen molar-refractivity contribution in [3.8, 4) is 0 Å². The minimum Gasteiger partial charge on any atom is -0.396 e. The summed E-state index contributed by atoms with van der Waals surface area (Å²) in [5, 5.41) is 13.3. The Labute approximate surface area is 191 Å². The third kappa shape index (κ3) is 6.55. The fraction of sp³-hybridized carbons (Fsp3) is 0.500. The first-order valence-electron chi connectivity index (χ1n) is 11.3. The predicted molar refractivity (Wildman–Crippen MR) is 128 cm³/mol. The summed E-state index contributed by atoms with van der Waals surface area (Å²) in [5.74, 6) is 0.629. The molecule has 1 fully saturated rings. The average Bonchev–Trinajstić information content (AvgIpc) is 2.78. The van der Waals surface area contributed by atoms with Gasteiger partial charge in [0.1, 0.15) is 0 Å². The summed E-state index contributed by atoms with van der Waals surface area (Å²) in [6.07, 6.45) is 5.00. The quantitative estimate of drug-likeness (QED) is 0.576. The molecule has 31 heavy (non-hydrogen) atoms. The number of carbonyl (C=O) groups excluding carboxylic acids is 1. The molecular formula is C26H35ClN2O2. The smallest absolute Gasteiger partial charge is 0.253 e. The topological polar surface area (TPSA) is 52.6 Å². The van der Waals surface area contributed by atoms with Crippen molar-refractivity contribution in [3.63, 3.8) is 0 Å². The highest BCUT2D eigenvalue weighted by molar-refractivity contribution is 6.30. The molecule has 1 aliphatic rings. The van der Waals surface area contributed by atoms with Gasteiger partial charge in [0.15, 0.2) is 0 Å². The molecule has 0 bridgehead atoms. The molecule has 0 unspecified atom stereocenters. The lowest BCUT2D eigenvalue weighted by Crippen LogP contribution is -2.39. The van der Waals surface area contributed by atoms with E-state index < -0.39 is 0 Å². The van der Waals surface area contributed by atoms with Gasteiger partial charge < -0.3 is 15.3 Å². The van der Waals surface area contributed by atoms with Crippen LogP contribution in [0.5, 0.6) is 0 Å². The lowest BCUT2D eigenvalue weighted by Gasteiger charge is -2.35. The van der Waals surface area contributed by atoms with Crippen LogP contribution in [0.25, 0.3) is 0 Å². The highest BCUT2D eigenvalue weighted by atomic mass is 35.5. The van der Waals surface area contributed by atoms with E-state index in [1.54, 1.807) is 24.3 Å². The number of nitrogens with one attached hydrogen (secondary N) is 1. The Kier molecular flexibility index (Phi) is 8.15. The molecule has 0 spiro atoms. The summed E-state index contributed by atoms with van der Waals surface area (Å²) >= 11 is 5.94. The maximum absolute atomic E-state index is 12.8. The van der Waals surface area contributed by atoms with Crippen molar-refractivity contribution in [2.24, 2.45) is 0 Å². The van der Waals surface area contributed by atoms with E-state index in [1.165, 1.54) is 11.1 Å². The molecule has 2 N–H and O–H groups in total. The van der Waals surface area contributed by atoms with Gasteiger partial charge in [0.05, 0.1) is 0 Å². The maximum atomic E-state index is 12.8. The van der Waals surface area contributed by atoms with E-state index in [4.69, 9.17) is 16.7 Å². The number of carbonyl (C=O) groups is 1. The van der Waals surface area contributed by atoms with Crippen LogP contribution < -0.4 is 5.32 Å². The molecule has 0 aromatic heterocycles. The molecule has 168 valence electrons. The van der Waals surface area contributed by atoms with Gasteiger partial charge in [0.2, 0.25) is 0 Å². The fourth-order valence-electron chi connectivity index (χ4n) is 4.38. The highest BCUT2D eigenvalue weighted by Crippen LogP contribution is 2.35. The normalized spacial score (nSPS) is 19.3. The molecule has 4 nitrogen and oxygen atoms in total. The molecule has 0 radical (unpaired) electrons. The summed E-state index contributed by atoms with van der Waals surface area (Å²) in [6.45, 7) is 5.23. The standard InChI is InChI=1S/C26H35ClN2O2/c1-26(2,16-17-30)28-18-19-4-6-20(7-5-19)21-10-14-24(15-11-21)29(3)25(31)22-8-12-23(27)13-9-22/h4-9,12-13,21,24,28,30H,10-11,14-18H2,1-3H3. The first kappa shape index (κ1) is 23.8. The molecule has 0 atom stereocenters. The van der Waals surface area contributed by atoms with Crippen molar-refractivity contribution in [2.45, 2.75) is 70.0 Å². The van der Waals surface area contributed by atoms with Gasteiger partial charge in [-0.1, -0.05) is 35.9 Å². The zero-order valence-corrected chi connectivity index (χ0v) is 19.7. The van der Waals surface area contributed by atoms with Gasteiger partial charge in [0.25, 0.3) is 5.91 Å². The van der Waals surface area contributed by atoms with Crippen LogP contribution in [0.1, 0.15) is 73.4 Å². The second kappa shape index (κ2) is 10.6. The number of aliphatic hydroxyl groups excluding tert-OH is 1. The van der Waals surface area contributed by atoms with Gasteiger partial charge in [0, 0.05) is 42.4 Å². The maximum Gasteiger partial charge on any atom is 0.253 e. The third-order valence-electron chi connectivity index (χ3n) is 6.61. The molecule has 1 amide bonds. The van der Waals surface area contributed by atoms with Crippen LogP contribution in [0.3, 0.4) is 0 Å². The van der Waals surface area contributed by atoms with Crippen LogP contribution in [-0.4, -0.2) is 41.1 Å². The van der Waals surface area contributed by atoms with Gasteiger partial charge in [-0.2, -0.15) is 0 Å². The zero-order valence-electron chi connectivity index (χ0n) is 18.9. The van der Waals surface area contributed by atoms with Gasteiger partial charge in [-0.15, -0.1) is 0 Å². The number of nitrogens with zero attached hydrogens (tertiary/aromatic N) is 1. The Bertz CT molecular complexity index is 841. The Morgan fingerprint density at radius 1 is 1.06 bits per heavy atom. The van der Waals surface area contributed by atoms with E-state index in [1.807, 2.05) is 11.9 Å². The van der Waals surface area contributed by atoms with E-state index in [0.29, 0.717) is 16.5 Å². The molecule has 3 rings (SSSR count). The van der Waals surface area contributed by atoms with Gasteiger partial charge in [-0.05, 0) is 87.3 Å². The summed E-state index contributed by atoms with van der Waals surface area (Å²) in [7, 11) is 1.92. The van der Waals surface area contributed by atoms with E-state index in [-0.39, 0.29) is 24.1 Å². The molecule has 5 heteroatoms. The fourth-order valence-corrected chi connectivity index (χ4v) is 4.50. The third-order valence-corrected chi connectivity index (χ3v) is 6.87. The number of benzene rings is 2. The average molecular weight is 443 g/mol. The van der Waals surface area contributed by atoms with E-state index in [0.717, 1.165) is 38.6 Å². The molecule has 1 aliphatic carbocycles. The highest BCUT2D eigenvalue weighted by Gasteiger charge is 2.27. The second-order valence-electron chi connectivity index (χ2n) is 9.38. The Morgan fingerprint density at radius 2 is 1.68 bits per heavy atom. The predicted octanol–water partition coefficient (Wildman–Crippen LogP) is 5.39. The molecule has 1 saturated carbocycles. The largest absolute Gasteiger partial charge is 0.396 e. The van der Waals surface area contributed by atoms with Crippen LogP contribution >= 0.6 is 11.6 Å². The van der Waals surface area contributed by atoms with Gasteiger partial charge >= 0.3 is 0 Å². The lowest BCUT2D eigenvalue weighted by molar-refractivity contribution is 0.0689. The molecule has 2 aromatic rings. The first-order chi connectivity index (χ1) is 14.8. The van der Waals surface area contributed by atoms with Crippen molar-refractivity contribution in [3.05, 3.63) is 70.2 Å². The van der Waals surface area contributed by atoms with Crippen molar-refractivity contribution < 1.29 is 9.90 Å². The minimum absolute atomic E-state index is 0.0682. The number of aliphatic hydroxyl groups is 1. The number of hydrogen-bond donors (Lipinski definition) is 2. The van der Waals surface area contributed by atoms with Crippen molar-refractivity contribution in [1.82, 2.24) is 10.2 Å². The van der Waals surface area contributed by atoms with E-state index >= 15 is 0 Å². The monoisotopic (exact) mass is 442 g/mol. The summed E-state index contributed by atoms with van der Waals surface area (Å²) in [5.41, 5.74) is 3.28. The lowest BCUT2D eigenvalue weighted by atomic mass is 9.81. The Morgan fingerprint density at radius 3 is 2.26 bits per heavy atom. The van der Waals surface area contributed by atoms with Crippen LogP contribution in [-0.2, 0) is 6.54 Å². The number of hydrogen-bond acceptors (Lipinski definition) is 3. The molecule has 0 aliphatic heterocycles. The number of halogens is 1. The first-order valence-corrected chi connectivity index (χ1v) is 11.6. The SMILES string of the molecule is CN(C(=O)c1ccc(Cl)cc1)C1CCC(c2ccc(CNC(C)(C)CCO)cc2)CC1. The van der Waals surface area contributed by atoms with Gasteiger partial charge in [-0.3, -0.25) is 4.79 Å². The van der Waals surface area contributed by atoms with Crippen molar-refractivity contribution in [2.75, 3.05) is 13.7 Å². The van der Waals surface area contributed by atoms with E-state index in [9.17, 15) is 4.79 Å². The number of rotatable bonds is 8. The van der Waals surface area contributed by atoms with Crippen LogP contribution in [0.4, 0.5) is 0 Å². The van der Waals surface area contributed by atoms with Crippen LogP contribution in [0.15, 0.2) is 48.5 Å². The molecule has 0 heterocycles.